The number of nitrogens with zero attached hydrogens (tertiary/aromatic N) is 2. The fraction of sp³-hybridized carbons (Fsp3) is 0.571. The number of piperazine rings is 1. The van der Waals surface area contributed by atoms with Gasteiger partial charge in [-0.05, 0) is 37.6 Å². The molecule has 4 heteroatoms. The molecule has 0 amide bonds. The minimum absolute atomic E-state index is 0.203. The molecule has 2 aliphatic rings. The first-order chi connectivity index (χ1) is 8.74. The predicted molar refractivity (Wildman–Crippen MR) is 72.2 cm³/mol. The highest BCUT2D eigenvalue weighted by molar-refractivity contribution is 5.67. The van der Waals surface area contributed by atoms with Crippen molar-refractivity contribution in [2.45, 2.75) is 25.3 Å². The van der Waals surface area contributed by atoms with E-state index in [1.165, 1.54) is 31.9 Å². The number of hydrogen-bond acceptors (Lipinski definition) is 3. The van der Waals surface area contributed by atoms with Gasteiger partial charge in [-0.15, -0.1) is 0 Å². The molecule has 2 saturated heterocycles. The molecule has 98 valence electrons. The molecule has 0 saturated carbocycles. The molecule has 3 rings (SSSR count). The van der Waals surface area contributed by atoms with Crippen LogP contribution in [0, 0.1) is 5.82 Å². The summed E-state index contributed by atoms with van der Waals surface area (Å²) in [5, 5.41) is 0. The second-order valence-corrected chi connectivity index (χ2v) is 5.33. The molecule has 0 spiro atoms. The number of fused-ring (bicyclic) bond motifs is 1. The number of anilines is 2. The van der Waals surface area contributed by atoms with E-state index in [1.54, 1.807) is 12.1 Å². The smallest absolute Gasteiger partial charge is 0.125 e. The standard InChI is InChI=1S/C14H20FN3/c15-11-4-5-13(16)14(9-11)18-8-7-17-6-2-1-3-12(17)10-18/h4-5,9,12H,1-3,6-8,10,16H2. The molecule has 1 atom stereocenters. The largest absolute Gasteiger partial charge is 0.397 e. The molecule has 1 unspecified atom stereocenters. The summed E-state index contributed by atoms with van der Waals surface area (Å²) in [5.74, 6) is -0.203. The second kappa shape index (κ2) is 4.76. The van der Waals surface area contributed by atoms with Crippen LogP contribution in [0.3, 0.4) is 0 Å². The Morgan fingerprint density at radius 3 is 2.94 bits per heavy atom. The average molecular weight is 249 g/mol. The molecule has 2 heterocycles. The molecule has 0 bridgehead atoms. The van der Waals surface area contributed by atoms with Crippen LogP contribution in [0.15, 0.2) is 18.2 Å². The Morgan fingerprint density at radius 1 is 1.17 bits per heavy atom. The molecule has 18 heavy (non-hydrogen) atoms. The predicted octanol–water partition coefficient (Wildman–Crippen LogP) is 2.08. The molecule has 2 aliphatic heterocycles. The quantitative estimate of drug-likeness (QED) is 0.773. The summed E-state index contributed by atoms with van der Waals surface area (Å²) >= 11 is 0. The van der Waals surface area contributed by atoms with Crippen molar-refractivity contribution >= 4 is 11.4 Å². The maximum absolute atomic E-state index is 13.3. The molecule has 1 aromatic rings. The molecular formula is C14H20FN3. The van der Waals surface area contributed by atoms with Crippen molar-refractivity contribution in [3.05, 3.63) is 24.0 Å². The van der Waals surface area contributed by atoms with Gasteiger partial charge in [0.1, 0.15) is 5.82 Å². The van der Waals surface area contributed by atoms with E-state index >= 15 is 0 Å². The third-order valence-corrected chi connectivity index (χ3v) is 4.17. The van der Waals surface area contributed by atoms with Crippen LogP contribution in [0.5, 0.6) is 0 Å². The number of rotatable bonds is 1. The highest BCUT2D eigenvalue weighted by Crippen LogP contribution is 2.29. The van der Waals surface area contributed by atoms with Crippen LogP contribution in [-0.2, 0) is 0 Å². The monoisotopic (exact) mass is 249 g/mol. The van der Waals surface area contributed by atoms with Crippen LogP contribution in [0.25, 0.3) is 0 Å². The van der Waals surface area contributed by atoms with Crippen LogP contribution >= 0.6 is 0 Å². The van der Waals surface area contributed by atoms with Gasteiger partial charge in [-0.25, -0.2) is 4.39 Å². The number of hydrogen-bond donors (Lipinski definition) is 1. The van der Waals surface area contributed by atoms with Gasteiger partial charge in [0.15, 0.2) is 0 Å². The third-order valence-electron chi connectivity index (χ3n) is 4.17. The first-order valence-corrected chi connectivity index (χ1v) is 6.78. The van der Waals surface area contributed by atoms with Gasteiger partial charge in [0.2, 0.25) is 0 Å². The van der Waals surface area contributed by atoms with Gasteiger partial charge >= 0.3 is 0 Å². The SMILES string of the molecule is Nc1ccc(F)cc1N1CCN2CCCCC2C1. The van der Waals surface area contributed by atoms with Crippen molar-refractivity contribution in [2.75, 3.05) is 36.8 Å². The summed E-state index contributed by atoms with van der Waals surface area (Å²) in [4.78, 5) is 4.81. The Labute approximate surface area is 107 Å². The number of halogens is 1. The van der Waals surface area contributed by atoms with E-state index in [0.29, 0.717) is 11.7 Å². The van der Waals surface area contributed by atoms with E-state index in [0.717, 1.165) is 25.3 Å². The Kier molecular flexibility index (Phi) is 3.12. The fourth-order valence-electron chi connectivity index (χ4n) is 3.17. The Balaban J connectivity index is 1.79. The van der Waals surface area contributed by atoms with E-state index in [-0.39, 0.29) is 5.82 Å². The first-order valence-electron chi connectivity index (χ1n) is 6.78. The molecule has 3 nitrogen and oxygen atoms in total. The maximum Gasteiger partial charge on any atom is 0.125 e. The molecule has 1 aromatic carbocycles. The fourth-order valence-corrected chi connectivity index (χ4v) is 3.17. The highest BCUT2D eigenvalue weighted by atomic mass is 19.1. The lowest BCUT2D eigenvalue weighted by molar-refractivity contribution is 0.133. The Bertz CT molecular complexity index is 435. The van der Waals surface area contributed by atoms with Crippen molar-refractivity contribution in [3.63, 3.8) is 0 Å². The minimum Gasteiger partial charge on any atom is -0.397 e. The van der Waals surface area contributed by atoms with Crippen LogP contribution in [0.1, 0.15) is 19.3 Å². The van der Waals surface area contributed by atoms with E-state index < -0.39 is 0 Å². The van der Waals surface area contributed by atoms with Crippen molar-refractivity contribution in [2.24, 2.45) is 0 Å². The summed E-state index contributed by atoms with van der Waals surface area (Å²) in [6.45, 7) is 4.22. The molecule has 2 N–H and O–H groups in total. The van der Waals surface area contributed by atoms with Gasteiger partial charge in [0, 0.05) is 25.7 Å². The lowest BCUT2D eigenvalue weighted by Gasteiger charge is -2.45. The lowest BCUT2D eigenvalue weighted by Crippen LogP contribution is -2.55. The summed E-state index contributed by atoms with van der Waals surface area (Å²) in [5.41, 5.74) is 7.51. The first kappa shape index (κ1) is 11.8. The zero-order valence-electron chi connectivity index (χ0n) is 10.6. The van der Waals surface area contributed by atoms with Gasteiger partial charge in [0.25, 0.3) is 0 Å². The Morgan fingerprint density at radius 2 is 2.06 bits per heavy atom. The topological polar surface area (TPSA) is 32.5 Å². The third kappa shape index (κ3) is 2.17. The minimum atomic E-state index is -0.203. The van der Waals surface area contributed by atoms with Crippen molar-refractivity contribution in [1.82, 2.24) is 4.90 Å². The number of nitrogens with two attached hydrogens (primary N) is 1. The summed E-state index contributed by atoms with van der Waals surface area (Å²) < 4.78 is 13.3. The van der Waals surface area contributed by atoms with E-state index in [4.69, 9.17) is 5.73 Å². The normalized spacial score (nSPS) is 24.9. The zero-order chi connectivity index (χ0) is 12.5. The molecule has 0 aromatic heterocycles. The van der Waals surface area contributed by atoms with Gasteiger partial charge in [-0.1, -0.05) is 6.42 Å². The molecule has 0 aliphatic carbocycles. The second-order valence-electron chi connectivity index (χ2n) is 5.33. The molecule has 2 fully saturated rings. The van der Waals surface area contributed by atoms with Crippen LogP contribution in [-0.4, -0.2) is 37.1 Å². The summed E-state index contributed by atoms with van der Waals surface area (Å²) in [6.07, 6.45) is 3.89. The number of benzene rings is 1. The van der Waals surface area contributed by atoms with Gasteiger partial charge in [-0.3, -0.25) is 4.90 Å². The zero-order valence-corrected chi connectivity index (χ0v) is 10.6. The van der Waals surface area contributed by atoms with E-state index in [2.05, 4.69) is 9.80 Å². The van der Waals surface area contributed by atoms with E-state index in [9.17, 15) is 4.39 Å². The van der Waals surface area contributed by atoms with Crippen LogP contribution in [0.4, 0.5) is 15.8 Å². The highest BCUT2D eigenvalue weighted by Gasteiger charge is 2.29. The van der Waals surface area contributed by atoms with Gasteiger partial charge < -0.3 is 10.6 Å². The molecule has 0 radical (unpaired) electrons. The van der Waals surface area contributed by atoms with Crippen molar-refractivity contribution < 1.29 is 4.39 Å². The Hall–Kier alpha value is -1.29. The van der Waals surface area contributed by atoms with E-state index in [1.807, 2.05) is 0 Å². The van der Waals surface area contributed by atoms with Crippen molar-refractivity contribution in [3.8, 4) is 0 Å². The average Bonchev–Trinajstić information content (AvgIpc) is 2.41. The van der Waals surface area contributed by atoms with Gasteiger partial charge in [0.05, 0.1) is 11.4 Å². The van der Waals surface area contributed by atoms with Crippen LogP contribution in [0.2, 0.25) is 0 Å². The van der Waals surface area contributed by atoms with Crippen LogP contribution < -0.4 is 10.6 Å². The maximum atomic E-state index is 13.3. The van der Waals surface area contributed by atoms with Crippen molar-refractivity contribution in [1.29, 1.82) is 0 Å². The summed E-state index contributed by atoms with van der Waals surface area (Å²) in [7, 11) is 0. The number of piperidine rings is 1. The molecular weight excluding hydrogens is 229 g/mol. The van der Waals surface area contributed by atoms with Gasteiger partial charge in [-0.2, -0.15) is 0 Å². The lowest BCUT2D eigenvalue weighted by atomic mass is 9.99. The number of nitrogen functional groups attached to an aromatic ring is 1. The summed E-state index contributed by atoms with van der Waals surface area (Å²) in [6, 6.07) is 5.27.